The molecule has 0 aliphatic carbocycles. The lowest BCUT2D eigenvalue weighted by molar-refractivity contribution is 0.497. The first-order chi connectivity index (χ1) is 16.8. The van der Waals surface area contributed by atoms with Gasteiger partial charge >= 0.3 is 0 Å². The van der Waals surface area contributed by atoms with Crippen molar-refractivity contribution in [2.45, 2.75) is 85.1 Å². The van der Waals surface area contributed by atoms with Crippen molar-refractivity contribution in [1.29, 1.82) is 0 Å². The summed E-state index contributed by atoms with van der Waals surface area (Å²) in [6.07, 6.45) is 0. The highest BCUT2D eigenvalue weighted by Gasteiger charge is 2.06. The highest BCUT2D eigenvalue weighted by molar-refractivity contribution is 5.24. The van der Waals surface area contributed by atoms with E-state index in [4.69, 9.17) is 0 Å². The van der Waals surface area contributed by atoms with Gasteiger partial charge < -0.3 is 0 Å². The topological polar surface area (TPSA) is 0 Å². The van der Waals surface area contributed by atoms with Crippen LogP contribution in [0.2, 0.25) is 0 Å². The summed E-state index contributed by atoms with van der Waals surface area (Å²) in [5.41, 5.74) is 6.72. The molecule has 224 valence electrons. The summed E-state index contributed by atoms with van der Waals surface area (Å²) in [4.78, 5) is 0. The van der Waals surface area contributed by atoms with E-state index >= 15 is 0 Å². The van der Waals surface area contributed by atoms with Crippen LogP contribution in [-0.2, 0) is 0 Å². The van der Waals surface area contributed by atoms with E-state index in [2.05, 4.69) is 38.1 Å². The second kappa shape index (κ2) is 21.4. The van der Waals surface area contributed by atoms with Crippen molar-refractivity contribution in [2.24, 2.45) is 0 Å². The van der Waals surface area contributed by atoms with Crippen LogP contribution < -0.4 is 0 Å². The average Bonchev–Trinajstić information content (AvgIpc) is 2.83. The molecule has 0 bridgehead atoms. The summed E-state index contributed by atoms with van der Waals surface area (Å²) < 4.78 is 50.4. The van der Waals surface area contributed by atoms with Gasteiger partial charge in [-0.3, -0.25) is 0 Å². The van der Waals surface area contributed by atoms with Gasteiger partial charge in [0.1, 0.15) is 11.6 Å². The largest absolute Gasteiger partial charge is 0.207 e. The van der Waals surface area contributed by atoms with Gasteiger partial charge in [-0.15, -0.1) is 0 Å². The van der Waals surface area contributed by atoms with E-state index in [0.717, 1.165) is 11.1 Å². The molecule has 40 heavy (non-hydrogen) atoms. The van der Waals surface area contributed by atoms with E-state index in [0.29, 0.717) is 22.3 Å². The molecule has 4 aromatic carbocycles. The van der Waals surface area contributed by atoms with Crippen LogP contribution in [0.5, 0.6) is 0 Å². The molecule has 0 amide bonds. The first-order valence-electron chi connectivity index (χ1n) is 11.7. The van der Waals surface area contributed by atoms with Crippen LogP contribution in [0.4, 0.5) is 17.6 Å². The maximum Gasteiger partial charge on any atom is 0.161 e. The predicted molar refractivity (Wildman–Crippen MR) is 170 cm³/mol. The molecular weight excluding hydrogens is 508 g/mol. The zero-order valence-electron chi connectivity index (χ0n) is 22.4. The second-order valence-corrected chi connectivity index (χ2v) is 8.99. The molecule has 4 heteroatoms. The third-order valence-corrected chi connectivity index (χ3v) is 5.34. The highest BCUT2D eigenvalue weighted by Crippen LogP contribution is 2.14. The van der Waals surface area contributed by atoms with Crippen LogP contribution in [0, 0.1) is 78.7 Å². The quantitative estimate of drug-likeness (QED) is 0.188. The van der Waals surface area contributed by atoms with E-state index in [1.165, 1.54) is 37.1 Å². The van der Waals surface area contributed by atoms with Crippen molar-refractivity contribution < 1.29 is 17.6 Å². The molecule has 0 fully saturated rings. The first kappa shape index (κ1) is 43.6. The van der Waals surface area contributed by atoms with Gasteiger partial charge in [-0.1, -0.05) is 101 Å². The Bertz CT molecular complexity index is 1150. The number of halogens is 4. The van der Waals surface area contributed by atoms with Gasteiger partial charge in [-0.05, 0) is 101 Å². The van der Waals surface area contributed by atoms with Crippen molar-refractivity contribution in [3.63, 3.8) is 0 Å². The number of rotatable bonds is 0. The lowest BCUT2D eigenvalue weighted by atomic mass is 10.1. The molecule has 0 spiro atoms. The average molecular weight is 561 g/mol. The van der Waals surface area contributed by atoms with Crippen molar-refractivity contribution in [1.82, 2.24) is 0 Å². The summed E-state index contributed by atoms with van der Waals surface area (Å²) in [6, 6.07) is 22.0. The fourth-order valence-corrected chi connectivity index (χ4v) is 2.78. The smallest absolute Gasteiger partial charge is 0.161 e. The van der Waals surface area contributed by atoms with Gasteiger partial charge in [-0.25, -0.2) is 17.6 Å². The van der Waals surface area contributed by atoms with E-state index in [1.54, 1.807) is 38.1 Å². The fourth-order valence-electron chi connectivity index (χ4n) is 2.78. The Kier molecular flexibility index (Phi) is 23.4. The van der Waals surface area contributed by atoms with E-state index in [-0.39, 0.29) is 41.3 Å². The van der Waals surface area contributed by atoms with Crippen molar-refractivity contribution in [2.75, 3.05) is 0 Å². The molecule has 0 radical (unpaired) electrons. The standard InChI is InChI=1S/C8H8F2.2C8H9F.C8H10.4CH4/c1-5-3-4-6(2)8(10)7(5)9;2*1-6-3-4-7(2)8(9)5-6;1-7-3-5-8(2)6-4-7;;;;/h3-4H,1-2H3;2*3-5H,1-2H3;3-6H,1-2H3;4*1H4. The Morgan fingerprint density at radius 1 is 0.325 bits per heavy atom. The van der Waals surface area contributed by atoms with Crippen LogP contribution in [-0.4, -0.2) is 0 Å². The minimum absolute atomic E-state index is 0. The van der Waals surface area contributed by atoms with Crippen LogP contribution in [0.15, 0.2) is 72.8 Å². The molecule has 0 atom stereocenters. The van der Waals surface area contributed by atoms with Crippen LogP contribution in [0.1, 0.15) is 74.2 Å². The summed E-state index contributed by atoms with van der Waals surface area (Å²) >= 11 is 0. The fraction of sp³-hybridized carbons (Fsp3) is 0.333. The molecular formula is C36H52F4. The van der Waals surface area contributed by atoms with E-state index < -0.39 is 11.6 Å². The van der Waals surface area contributed by atoms with Gasteiger partial charge in [0.05, 0.1) is 0 Å². The number of benzene rings is 4. The van der Waals surface area contributed by atoms with Gasteiger partial charge in [0.2, 0.25) is 0 Å². The van der Waals surface area contributed by atoms with Crippen molar-refractivity contribution in [3.8, 4) is 0 Å². The summed E-state index contributed by atoms with van der Waals surface area (Å²) in [7, 11) is 0. The van der Waals surface area contributed by atoms with E-state index in [1.807, 2.05) is 26.0 Å². The molecule has 0 saturated carbocycles. The zero-order chi connectivity index (χ0) is 27.4. The Labute approximate surface area is 243 Å². The third kappa shape index (κ3) is 15.9. The second-order valence-electron chi connectivity index (χ2n) is 8.99. The number of hydrogen-bond acceptors (Lipinski definition) is 0. The van der Waals surface area contributed by atoms with Crippen LogP contribution in [0.3, 0.4) is 0 Å². The van der Waals surface area contributed by atoms with E-state index in [9.17, 15) is 17.6 Å². The Hall–Kier alpha value is -3.40. The lowest BCUT2D eigenvalue weighted by Gasteiger charge is -1.99. The number of hydrogen-bond donors (Lipinski definition) is 0. The van der Waals surface area contributed by atoms with Crippen molar-refractivity contribution in [3.05, 3.63) is 141 Å². The molecule has 0 unspecified atom stereocenters. The third-order valence-electron chi connectivity index (χ3n) is 5.34. The molecule has 4 rings (SSSR count). The summed E-state index contributed by atoms with van der Waals surface area (Å²) in [6.45, 7) is 14.5. The Morgan fingerprint density at radius 3 is 0.775 bits per heavy atom. The summed E-state index contributed by atoms with van der Waals surface area (Å²) in [5, 5.41) is 0. The lowest BCUT2D eigenvalue weighted by Crippen LogP contribution is -1.91. The molecule has 0 nitrogen and oxygen atoms in total. The monoisotopic (exact) mass is 560 g/mol. The minimum atomic E-state index is -0.736. The zero-order valence-corrected chi connectivity index (χ0v) is 22.4. The molecule has 0 saturated heterocycles. The highest BCUT2D eigenvalue weighted by atomic mass is 19.2. The van der Waals surface area contributed by atoms with Gasteiger partial charge in [0.15, 0.2) is 11.6 Å². The summed E-state index contributed by atoms with van der Waals surface area (Å²) in [5.74, 6) is -1.70. The number of aryl methyl sites for hydroxylation is 8. The molecule has 0 heterocycles. The van der Waals surface area contributed by atoms with Gasteiger partial charge in [0, 0.05) is 0 Å². The molecule has 0 aliphatic rings. The normalized spacial score (nSPS) is 8.70. The molecule has 4 aromatic rings. The first-order valence-corrected chi connectivity index (χ1v) is 11.7. The van der Waals surface area contributed by atoms with Crippen molar-refractivity contribution >= 4 is 0 Å². The Balaban J connectivity index is -0.000000210. The maximum absolute atomic E-state index is 12.6. The van der Waals surface area contributed by atoms with Gasteiger partial charge in [0.25, 0.3) is 0 Å². The maximum atomic E-state index is 12.6. The molecule has 0 aromatic heterocycles. The predicted octanol–water partition coefficient (Wildman–Crippen LogP) is 12.3. The minimum Gasteiger partial charge on any atom is -0.207 e. The van der Waals surface area contributed by atoms with Crippen LogP contribution in [0.25, 0.3) is 0 Å². The Morgan fingerprint density at radius 2 is 0.550 bits per heavy atom. The molecule has 0 aliphatic heterocycles. The van der Waals surface area contributed by atoms with Crippen LogP contribution >= 0.6 is 0 Å². The SMILES string of the molecule is C.C.C.C.Cc1ccc(C)c(F)c1.Cc1ccc(C)c(F)c1.Cc1ccc(C)c(F)c1F.Cc1ccc(C)cc1. The molecule has 0 N–H and O–H groups in total. The van der Waals surface area contributed by atoms with Gasteiger partial charge in [-0.2, -0.15) is 0 Å².